The highest BCUT2D eigenvalue weighted by atomic mass is 32.2. The van der Waals surface area contributed by atoms with Gasteiger partial charge in [-0.15, -0.1) is 0 Å². The van der Waals surface area contributed by atoms with E-state index in [2.05, 4.69) is 41.8 Å². The van der Waals surface area contributed by atoms with E-state index in [-0.39, 0.29) is 23.5 Å². The minimum Gasteiger partial charge on any atom is -0.341 e. The normalized spacial score (nSPS) is 18.8. The standard InChI is InChI=1S/C23H26N2O3S/c1-3-24(18-13-14-29(27,28)16-18)23(26)12-10-17-9-11-22-20(15-17)19-7-5-6-8-21(19)25(22)4-2/h5-12,15,18H,3-4,13-14,16H2,1-2H3. The second-order valence-electron chi connectivity index (χ2n) is 7.55. The number of aryl methyl sites for hydroxylation is 1. The third-order valence-corrected chi connectivity index (χ3v) is 7.55. The predicted octanol–water partition coefficient (Wildman–Crippen LogP) is 3.86. The molecule has 1 aliphatic heterocycles. The Hall–Kier alpha value is -2.60. The highest BCUT2D eigenvalue weighted by Gasteiger charge is 2.33. The van der Waals surface area contributed by atoms with Crippen molar-refractivity contribution >= 4 is 43.6 Å². The van der Waals surface area contributed by atoms with Gasteiger partial charge >= 0.3 is 0 Å². The largest absolute Gasteiger partial charge is 0.341 e. The molecule has 4 rings (SSSR count). The number of carbonyl (C=O) groups excluding carboxylic acids is 1. The van der Waals surface area contributed by atoms with Crippen molar-refractivity contribution < 1.29 is 13.2 Å². The minimum atomic E-state index is -3.02. The third-order valence-electron chi connectivity index (χ3n) is 5.80. The van der Waals surface area contributed by atoms with Crippen LogP contribution in [0.2, 0.25) is 0 Å². The first-order chi connectivity index (χ1) is 13.9. The van der Waals surface area contributed by atoms with E-state index in [9.17, 15) is 13.2 Å². The molecule has 1 amide bonds. The molecule has 1 unspecified atom stereocenters. The van der Waals surface area contributed by atoms with Gasteiger partial charge in [0.15, 0.2) is 9.84 Å². The number of amides is 1. The Bertz CT molecular complexity index is 1210. The fraction of sp³-hybridized carbons (Fsp3) is 0.348. The quantitative estimate of drug-likeness (QED) is 0.600. The van der Waals surface area contributed by atoms with Gasteiger partial charge in [0.1, 0.15) is 0 Å². The van der Waals surface area contributed by atoms with E-state index in [4.69, 9.17) is 0 Å². The maximum absolute atomic E-state index is 12.7. The van der Waals surface area contributed by atoms with Gasteiger partial charge in [0.2, 0.25) is 5.91 Å². The third kappa shape index (κ3) is 3.69. The summed E-state index contributed by atoms with van der Waals surface area (Å²) in [6.45, 7) is 5.43. The molecule has 29 heavy (non-hydrogen) atoms. The number of aromatic nitrogens is 1. The Kier molecular flexibility index (Phi) is 5.21. The Morgan fingerprint density at radius 2 is 1.90 bits per heavy atom. The van der Waals surface area contributed by atoms with E-state index in [1.165, 1.54) is 21.8 Å². The van der Waals surface area contributed by atoms with Crippen molar-refractivity contribution in [2.24, 2.45) is 0 Å². The molecule has 6 heteroatoms. The van der Waals surface area contributed by atoms with Gasteiger partial charge < -0.3 is 9.47 Å². The zero-order chi connectivity index (χ0) is 20.6. The number of fused-ring (bicyclic) bond motifs is 3. The monoisotopic (exact) mass is 410 g/mol. The van der Waals surface area contributed by atoms with Crippen LogP contribution >= 0.6 is 0 Å². The summed E-state index contributed by atoms with van der Waals surface area (Å²) in [6, 6.07) is 14.4. The second-order valence-corrected chi connectivity index (χ2v) is 9.78. The molecule has 0 spiro atoms. The smallest absolute Gasteiger partial charge is 0.246 e. The molecule has 1 atom stereocenters. The molecule has 1 aliphatic rings. The van der Waals surface area contributed by atoms with Crippen LogP contribution in [-0.4, -0.2) is 47.9 Å². The van der Waals surface area contributed by atoms with Crippen LogP contribution < -0.4 is 0 Å². The zero-order valence-corrected chi connectivity index (χ0v) is 17.7. The summed E-state index contributed by atoms with van der Waals surface area (Å²) in [5.41, 5.74) is 3.35. The van der Waals surface area contributed by atoms with Gasteiger partial charge in [-0.2, -0.15) is 0 Å². The maximum Gasteiger partial charge on any atom is 0.246 e. The van der Waals surface area contributed by atoms with Crippen molar-refractivity contribution in [1.29, 1.82) is 0 Å². The van der Waals surface area contributed by atoms with Gasteiger partial charge in [0.25, 0.3) is 0 Å². The van der Waals surface area contributed by atoms with E-state index in [0.717, 1.165) is 12.1 Å². The number of hydrogen-bond acceptors (Lipinski definition) is 3. The van der Waals surface area contributed by atoms with Crippen LogP contribution in [0.15, 0.2) is 48.5 Å². The highest BCUT2D eigenvalue weighted by molar-refractivity contribution is 7.91. The summed E-state index contributed by atoms with van der Waals surface area (Å²) >= 11 is 0. The highest BCUT2D eigenvalue weighted by Crippen LogP contribution is 2.30. The Morgan fingerprint density at radius 3 is 2.59 bits per heavy atom. The molecule has 5 nitrogen and oxygen atoms in total. The van der Waals surface area contributed by atoms with E-state index in [1.807, 2.05) is 25.1 Å². The number of hydrogen-bond donors (Lipinski definition) is 0. The SMILES string of the molecule is CCN(C(=O)C=Cc1ccc2c(c1)c1ccccc1n2CC)C1CCS(=O)(=O)C1. The fourth-order valence-electron chi connectivity index (χ4n) is 4.39. The number of carbonyl (C=O) groups is 1. The number of benzene rings is 2. The van der Waals surface area contributed by atoms with E-state index in [0.29, 0.717) is 13.0 Å². The average molecular weight is 411 g/mol. The summed E-state index contributed by atoms with van der Waals surface area (Å²) < 4.78 is 25.8. The molecule has 152 valence electrons. The van der Waals surface area contributed by atoms with E-state index < -0.39 is 9.84 Å². The van der Waals surface area contributed by atoms with Crippen LogP contribution in [0.4, 0.5) is 0 Å². The molecule has 0 aliphatic carbocycles. The van der Waals surface area contributed by atoms with Crippen molar-refractivity contribution in [1.82, 2.24) is 9.47 Å². The molecule has 0 bridgehead atoms. The lowest BCUT2D eigenvalue weighted by Crippen LogP contribution is -2.40. The van der Waals surface area contributed by atoms with Crippen molar-refractivity contribution in [3.05, 3.63) is 54.1 Å². The number of para-hydroxylation sites is 1. The van der Waals surface area contributed by atoms with Crippen LogP contribution in [0, 0.1) is 0 Å². The summed E-state index contributed by atoms with van der Waals surface area (Å²) in [6.07, 6.45) is 3.92. The number of likely N-dealkylation sites (N-methyl/N-ethyl adjacent to an activating group) is 1. The van der Waals surface area contributed by atoms with E-state index in [1.54, 1.807) is 11.0 Å². The van der Waals surface area contributed by atoms with Gasteiger partial charge in [0, 0.05) is 47.0 Å². The number of sulfone groups is 1. The summed E-state index contributed by atoms with van der Waals surface area (Å²) in [5, 5.41) is 2.38. The molecule has 3 aromatic rings. The molecular weight excluding hydrogens is 384 g/mol. The molecule has 1 fully saturated rings. The van der Waals surface area contributed by atoms with Crippen LogP contribution in [0.1, 0.15) is 25.8 Å². The lowest BCUT2D eigenvalue weighted by atomic mass is 10.1. The van der Waals surface area contributed by atoms with Gasteiger partial charge in [-0.25, -0.2) is 8.42 Å². The molecule has 2 aromatic carbocycles. The van der Waals surface area contributed by atoms with Crippen LogP contribution in [0.3, 0.4) is 0 Å². The van der Waals surface area contributed by atoms with Crippen molar-refractivity contribution in [3.8, 4) is 0 Å². The van der Waals surface area contributed by atoms with Crippen LogP contribution in [-0.2, 0) is 21.2 Å². The Labute approximate surface area is 171 Å². The zero-order valence-electron chi connectivity index (χ0n) is 16.8. The fourth-order valence-corrected chi connectivity index (χ4v) is 6.12. The topological polar surface area (TPSA) is 59.4 Å². The molecule has 0 radical (unpaired) electrons. The van der Waals surface area contributed by atoms with Crippen molar-refractivity contribution in [2.45, 2.75) is 32.9 Å². The average Bonchev–Trinajstić information content (AvgIpc) is 3.23. The predicted molar refractivity (Wildman–Crippen MR) is 119 cm³/mol. The van der Waals surface area contributed by atoms with Gasteiger partial charge in [0.05, 0.1) is 11.5 Å². The molecule has 0 N–H and O–H groups in total. The second kappa shape index (κ2) is 7.67. The van der Waals surface area contributed by atoms with Crippen molar-refractivity contribution in [3.63, 3.8) is 0 Å². The molecule has 0 saturated carbocycles. The molecular formula is C23H26N2O3S. The summed E-state index contributed by atoms with van der Waals surface area (Å²) in [5.74, 6) is 0.109. The summed E-state index contributed by atoms with van der Waals surface area (Å²) in [7, 11) is -3.02. The van der Waals surface area contributed by atoms with Gasteiger partial charge in [-0.3, -0.25) is 4.79 Å². The summed E-state index contributed by atoms with van der Waals surface area (Å²) in [4.78, 5) is 14.4. The first kappa shape index (κ1) is 19.7. The lowest BCUT2D eigenvalue weighted by molar-refractivity contribution is -0.127. The van der Waals surface area contributed by atoms with Gasteiger partial charge in [-0.05, 0) is 50.1 Å². The molecule has 1 saturated heterocycles. The Balaban J connectivity index is 1.62. The number of rotatable bonds is 5. The van der Waals surface area contributed by atoms with Crippen LogP contribution in [0.5, 0.6) is 0 Å². The first-order valence-electron chi connectivity index (χ1n) is 10.1. The molecule has 2 heterocycles. The van der Waals surface area contributed by atoms with Gasteiger partial charge in [-0.1, -0.05) is 24.3 Å². The lowest BCUT2D eigenvalue weighted by Gasteiger charge is -2.25. The minimum absolute atomic E-state index is 0.0723. The first-order valence-corrected chi connectivity index (χ1v) is 12.0. The number of nitrogens with zero attached hydrogens (tertiary/aromatic N) is 2. The maximum atomic E-state index is 12.7. The Morgan fingerprint density at radius 1 is 1.14 bits per heavy atom. The van der Waals surface area contributed by atoms with Crippen LogP contribution in [0.25, 0.3) is 27.9 Å². The molecule has 1 aromatic heterocycles. The van der Waals surface area contributed by atoms with Crippen molar-refractivity contribution in [2.75, 3.05) is 18.1 Å². The van der Waals surface area contributed by atoms with E-state index >= 15 is 0 Å².